The predicted octanol–water partition coefficient (Wildman–Crippen LogP) is 13.1. The number of para-hydroxylation sites is 2. The van der Waals surface area contributed by atoms with Gasteiger partial charge < -0.3 is 9.32 Å². The van der Waals surface area contributed by atoms with E-state index in [2.05, 4.69) is 193 Å². The number of nitrogens with zero attached hydrogens (tertiary/aromatic N) is 1. The second-order valence-electron chi connectivity index (χ2n) is 13.6. The Morgan fingerprint density at radius 2 is 0.980 bits per heavy atom. The van der Waals surface area contributed by atoms with Crippen LogP contribution in [0.4, 0.5) is 17.1 Å². The molecular formula is C49H31NO. The molecule has 0 bridgehead atoms. The average Bonchev–Trinajstić information content (AvgIpc) is 3.82. The van der Waals surface area contributed by atoms with Crippen LogP contribution < -0.4 is 4.90 Å². The third-order valence-corrected chi connectivity index (χ3v) is 11.1. The van der Waals surface area contributed by atoms with Gasteiger partial charge >= 0.3 is 0 Å². The summed E-state index contributed by atoms with van der Waals surface area (Å²) >= 11 is 0. The van der Waals surface area contributed by atoms with Gasteiger partial charge in [0.2, 0.25) is 0 Å². The van der Waals surface area contributed by atoms with Crippen LogP contribution in [0.5, 0.6) is 0 Å². The highest BCUT2D eigenvalue weighted by Gasteiger charge is 2.55. The fourth-order valence-corrected chi connectivity index (χ4v) is 8.96. The highest BCUT2D eigenvalue weighted by atomic mass is 16.3. The van der Waals surface area contributed by atoms with Crippen molar-refractivity contribution in [2.24, 2.45) is 0 Å². The van der Waals surface area contributed by atoms with Crippen molar-refractivity contribution < 1.29 is 4.42 Å². The average molecular weight is 650 g/mol. The predicted molar refractivity (Wildman–Crippen MR) is 210 cm³/mol. The molecule has 1 aromatic heterocycles. The summed E-state index contributed by atoms with van der Waals surface area (Å²) in [6, 6.07) is 68.2. The van der Waals surface area contributed by atoms with Gasteiger partial charge in [-0.3, -0.25) is 0 Å². The molecule has 2 aliphatic carbocycles. The van der Waals surface area contributed by atoms with E-state index < -0.39 is 5.41 Å². The topological polar surface area (TPSA) is 16.4 Å². The molecule has 0 unspecified atom stereocenters. The van der Waals surface area contributed by atoms with Gasteiger partial charge in [0.05, 0.1) is 0 Å². The Morgan fingerprint density at radius 1 is 0.392 bits per heavy atom. The third kappa shape index (κ3) is 3.87. The van der Waals surface area contributed by atoms with Crippen LogP contribution in [0.1, 0.15) is 22.5 Å². The van der Waals surface area contributed by atoms with Crippen molar-refractivity contribution in [3.05, 3.63) is 211 Å². The number of fused-ring (bicyclic) bond motifs is 13. The number of furan rings is 1. The van der Waals surface area contributed by atoms with Gasteiger partial charge in [0.15, 0.2) is 0 Å². The van der Waals surface area contributed by atoms with Gasteiger partial charge in [-0.05, 0) is 97.7 Å². The Labute approximate surface area is 296 Å². The van der Waals surface area contributed by atoms with Crippen molar-refractivity contribution in [3.8, 4) is 33.4 Å². The van der Waals surface area contributed by atoms with Gasteiger partial charge in [-0.1, -0.05) is 146 Å². The number of anilines is 3. The van der Waals surface area contributed by atoms with Crippen molar-refractivity contribution in [2.75, 3.05) is 4.90 Å². The molecular weight excluding hydrogens is 619 g/mol. The largest absolute Gasteiger partial charge is 0.459 e. The second kappa shape index (κ2) is 10.7. The molecule has 0 aliphatic heterocycles. The van der Waals surface area contributed by atoms with E-state index in [-0.39, 0.29) is 0 Å². The highest BCUT2D eigenvalue weighted by molar-refractivity contribution is 6.05. The molecule has 0 saturated heterocycles. The van der Waals surface area contributed by atoms with E-state index in [1.165, 1.54) is 60.8 Å². The molecule has 9 aromatic rings. The van der Waals surface area contributed by atoms with E-state index >= 15 is 0 Å². The summed E-state index contributed by atoms with van der Waals surface area (Å²) in [5.74, 6) is 1.01. The maximum atomic E-state index is 6.99. The summed E-state index contributed by atoms with van der Waals surface area (Å²) in [7, 11) is 0. The Bertz CT molecular complexity index is 2760. The van der Waals surface area contributed by atoms with Crippen molar-refractivity contribution >= 4 is 38.8 Å². The third-order valence-electron chi connectivity index (χ3n) is 11.1. The van der Waals surface area contributed by atoms with Crippen molar-refractivity contribution in [1.29, 1.82) is 0 Å². The molecule has 0 saturated carbocycles. The summed E-state index contributed by atoms with van der Waals surface area (Å²) < 4.78 is 6.99. The van der Waals surface area contributed by atoms with Gasteiger partial charge in [0, 0.05) is 28.0 Å². The molecule has 0 fully saturated rings. The lowest BCUT2D eigenvalue weighted by Gasteiger charge is -2.31. The SMILES string of the molecule is c1ccc(N(c2ccc(-c3cccc4ccccc34)cc2)c2ccc3c(c2)C2(c4ccccc4-c4ccccc42)c2oc4ccccc4c2-3)cc1. The first-order valence-electron chi connectivity index (χ1n) is 17.6. The molecule has 2 nitrogen and oxygen atoms in total. The standard InChI is InChI=1S/C49H31NO/c1-2-15-34(16-3-1)50(35-27-25-33(26-28-35)38-21-12-14-32-13-4-5-17-37(32)38)36-29-30-41-45(31-36)49(48-47(41)42-20-8-11-24-46(42)51-48)43-22-9-6-18-39(43)40-19-7-10-23-44(40)49/h1-31H. The molecule has 1 spiro atoms. The van der Waals surface area contributed by atoms with E-state index in [1.807, 2.05) is 0 Å². The fraction of sp³-hybridized carbons (Fsp3) is 0.0204. The van der Waals surface area contributed by atoms with Crippen LogP contribution in [-0.2, 0) is 5.41 Å². The molecule has 0 N–H and O–H groups in total. The van der Waals surface area contributed by atoms with Crippen LogP contribution in [0, 0.1) is 0 Å². The summed E-state index contributed by atoms with van der Waals surface area (Å²) in [6.07, 6.45) is 0. The van der Waals surface area contributed by atoms with Crippen LogP contribution in [-0.4, -0.2) is 0 Å². The lowest BCUT2D eigenvalue weighted by atomic mass is 9.73. The summed E-state index contributed by atoms with van der Waals surface area (Å²) in [5.41, 5.74) is 14.9. The summed E-state index contributed by atoms with van der Waals surface area (Å²) in [5, 5.41) is 3.67. The Morgan fingerprint density at radius 3 is 1.76 bits per heavy atom. The zero-order chi connectivity index (χ0) is 33.5. The first-order valence-corrected chi connectivity index (χ1v) is 17.6. The van der Waals surface area contributed by atoms with Crippen molar-refractivity contribution in [1.82, 2.24) is 0 Å². The Balaban J connectivity index is 1.14. The van der Waals surface area contributed by atoms with Crippen LogP contribution in [0.25, 0.3) is 55.1 Å². The fourth-order valence-electron chi connectivity index (χ4n) is 8.96. The molecule has 1 heterocycles. The van der Waals surface area contributed by atoms with Gasteiger partial charge in [-0.2, -0.15) is 0 Å². The number of hydrogen-bond donors (Lipinski definition) is 0. The molecule has 51 heavy (non-hydrogen) atoms. The molecule has 2 aliphatic rings. The monoisotopic (exact) mass is 649 g/mol. The zero-order valence-electron chi connectivity index (χ0n) is 27.8. The van der Waals surface area contributed by atoms with Crippen LogP contribution in [0.15, 0.2) is 192 Å². The van der Waals surface area contributed by atoms with E-state index in [0.29, 0.717) is 0 Å². The minimum atomic E-state index is -0.576. The molecule has 2 heteroatoms. The van der Waals surface area contributed by atoms with Gasteiger partial charge in [-0.15, -0.1) is 0 Å². The van der Waals surface area contributed by atoms with E-state index in [4.69, 9.17) is 4.42 Å². The van der Waals surface area contributed by atoms with Crippen molar-refractivity contribution in [3.63, 3.8) is 0 Å². The molecule has 0 amide bonds. The van der Waals surface area contributed by atoms with Crippen molar-refractivity contribution in [2.45, 2.75) is 5.41 Å². The Kier molecular flexibility index (Phi) is 5.91. The van der Waals surface area contributed by atoms with Crippen LogP contribution in [0.3, 0.4) is 0 Å². The first-order chi connectivity index (χ1) is 25.3. The summed E-state index contributed by atoms with van der Waals surface area (Å²) in [4.78, 5) is 2.38. The quantitative estimate of drug-likeness (QED) is 0.189. The Hall–Kier alpha value is -6.64. The lowest BCUT2D eigenvalue weighted by Crippen LogP contribution is -2.25. The van der Waals surface area contributed by atoms with E-state index in [0.717, 1.165) is 33.8 Å². The lowest BCUT2D eigenvalue weighted by molar-refractivity contribution is 0.507. The molecule has 0 atom stereocenters. The molecule has 238 valence electrons. The smallest absolute Gasteiger partial charge is 0.135 e. The van der Waals surface area contributed by atoms with Gasteiger partial charge in [-0.25, -0.2) is 0 Å². The summed E-state index contributed by atoms with van der Waals surface area (Å²) in [6.45, 7) is 0. The first kappa shape index (κ1) is 28.2. The minimum Gasteiger partial charge on any atom is -0.459 e. The number of rotatable bonds is 4. The normalized spacial score (nSPS) is 13.3. The van der Waals surface area contributed by atoms with E-state index in [9.17, 15) is 0 Å². The highest BCUT2D eigenvalue weighted by Crippen LogP contribution is 2.65. The van der Waals surface area contributed by atoms with Gasteiger partial charge in [0.1, 0.15) is 16.8 Å². The molecule has 8 aromatic carbocycles. The molecule has 0 radical (unpaired) electrons. The van der Waals surface area contributed by atoms with Gasteiger partial charge in [0.25, 0.3) is 0 Å². The molecule has 11 rings (SSSR count). The number of hydrogen-bond acceptors (Lipinski definition) is 2. The van der Waals surface area contributed by atoms with Crippen LogP contribution >= 0.6 is 0 Å². The minimum absolute atomic E-state index is 0.576. The maximum absolute atomic E-state index is 6.99. The zero-order valence-corrected chi connectivity index (χ0v) is 27.8. The van der Waals surface area contributed by atoms with Crippen LogP contribution in [0.2, 0.25) is 0 Å². The second-order valence-corrected chi connectivity index (χ2v) is 13.6. The number of benzene rings is 8. The van der Waals surface area contributed by atoms with E-state index in [1.54, 1.807) is 0 Å². The maximum Gasteiger partial charge on any atom is 0.135 e.